The highest BCUT2D eigenvalue weighted by Crippen LogP contribution is 2.38. The van der Waals surface area contributed by atoms with Gasteiger partial charge in [-0.1, -0.05) is 20.3 Å². The van der Waals surface area contributed by atoms with E-state index in [9.17, 15) is 4.79 Å². The molecule has 2 unspecified atom stereocenters. The van der Waals surface area contributed by atoms with Crippen molar-refractivity contribution in [2.24, 2.45) is 17.6 Å². The summed E-state index contributed by atoms with van der Waals surface area (Å²) in [5, 5.41) is 0. The van der Waals surface area contributed by atoms with Gasteiger partial charge in [-0.15, -0.1) is 12.4 Å². The Morgan fingerprint density at radius 1 is 1.23 bits per heavy atom. The molecule has 0 aromatic carbocycles. The fourth-order valence-corrected chi connectivity index (χ4v) is 4.21. The number of likely N-dealkylation sites (tertiary alicyclic amines) is 2. The molecule has 0 aromatic rings. The van der Waals surface area contributed by atoms with Gasteiger partial charge in [0.25, 0.3) is 0 Å². The summed E-state index contributed by atoms with van der Waals surface area (Å²) < 4.78 is 0. The van der Waals surface area contributed by atoms with Crippen molar-refractivity contribution in [2.75, 3.05) is 19.6 Å². The molecule has 0 aromatic heterocycles. The highest BCUT2D eigenvalue weighted by Gasteiger charge is 2.43. The lowest BCUT2D eigenvalue weighted by molar-refractivity contribution is -0.137. The minimum atomic E-state index is -0.310. The van der Waals surface area contributed by atoms with Gasteiger partial charge in [-0.05, 0) is 50.5 Å². The van der Waals surface area contributed by atoms with Crippen LogP contribution in [-0.4, -0.2) is 53.5 Å². The van der Waals surface area contributed by atoms with E-state index in [-0.39, 0.29) is 30.3 Å². The second-order valence-corrected chi connectivity index (χ2v) is 7.42. The summed E-state index contributed by atoms with van der Waals surface area (Å²) in [6.07, 6.45) is 7.51. The van der Waals surface area contributed by atoms with E-state index in [2.05, 4.69) is 23.6 Å². The van der Waals surface area contributed by atoms with Crippen molar-refractivity contribution in [3.05, 3.63) is 0 Å². The van der Waals surface area contributed by atoms with Crippen LogP contribution in [0.2, 0.25) is 0 Å². The molecule has 2 heterocycles. The molecule has 4 atom stereocenters. The van der Waals surface area contributed by atoms with Crippen molar-refractivity contribution in [1.29, 1.82) is 0 Å². The molecule has 2 aliphatic heterocycles. The molecule has 3 rings (SSSR count). The van der Waals surface area contributed by atoms with E-state index in [4.69, 9.17) is 5.73 Å². The van der Waals surface area contributed by atoms with Crippen LogP contribution in [0, 0.1) is 11.8 Å². The molecule has 0 bridgehead atoms. The number of hydrogen-bond acceptors (Lipinski definition) is 3. The maximum atomic E-state index is 12.6. The number of piperidine rings is 2. The van der Waals surface area contributed by atoms with E-state index in [1.807, 2.05) is 0 Å². The first-order valence-electron chi connectivity index (χ1n) is 8.92. The van der Waals surface area contributed by atoms with Gasteiger partial charge in [0.05, 0.1) is 6.04 Å². The first kappa shape index (κ1) is 18.0. The van der Waals surface area contributed by atoms with Gasteiger partial charge in [0.15, 0.2) is 0 Å². The Balaban J connectivity index is 0.00000176. The Morgan fingerprint density at radius 2 is 1.95 bits per heavy atom. The largest absolute Gasteiger partial charge is 0.341 e. The fourth-order valence-electron chi connectivity index (χ4n) is 4.21. The van der Waals surface area contributed by atoms with Gasteiger partial charge in [-0.3, -0.25) is 9.69 Å². The minimum absolute atomic E-state index is 0. The van der Waals surface area contributed by atoms with Crippen LogP contribution < -0.4 is 5.73 Å². The van der Waals surface area contributed by atoms with E-state index in [1.54, 1.807) is 0 Å². The summed E-state index contributed by atoms with van der Waals surface area (Å²) >= 11 is 0. The molecule has 4 nitrogen and oxygen atoms in total. The third-order valence-corrected chi connectivity index (χ3v) is 5.98. The number of hydrogen-bond donors (Lipinski definition) is 1. The third kappa shape index (κ3) is 3.60. The number of carbonyl (C=O) groups excluding carboxylic acids is 1. The van der Waals surface area contributed by atoms with Crippen LogP contribution in [0.25, 0.3) is 0 Å². The predicted octanol–water partition coefficient (Wildman–Crippen LogP) is 2.26. The molecule has 3 fully saturated rings. The molecule has 2 N–H and O–H groups in total. The average molecular weight is 330 g/mol. The topological polar surface area (TPSA) is 49.6 Å². The summed E-state index contributed by atoms with van der Waals surface area (Å²) in [5.74, 6) is 1.15. The first-order chi connectivity index (χ1) is 10.1. The molecule has 1 aliphatic carbocycles. The Hall–Kier alpha value is -0.320. The maximum absolute atomic E-state index is 12.6. The molecule has 5 heteroatoms. The van der Waals surface area contributed by atoms with Crippen molar-refractivity contribution < 1.29 is 4.79 Å². The monoisotopic (exact) mass is 329 g/mol. The third-order valence-electron chi connectivity index (χ3n) is 5.98. The van der Waals surface area contributed by atoms with Crippen LogP contribution in [0.3, 0.4) is 0 Å². The molecular formula is C17H32ClN3O. The standard InChI is InChI=1S/C17H31N3O.ClH/c1-3-12(2)16(18)17(21)19-10-8-15-13(11-19)5-4-9-20(15)14-6-7-14;/h12-16H,3-11,18H2,1-2H3;1H/t12-,13?,15?,16-;/m0./s1. The zero-order chi connectivity index (χ0) is 15.0. The predicted molar refractivity (Wildman–Crippen MR) is 92.1 cm³/mol. The van der Waals surface area contributed by atoms with Crippen LogP contribution in [0.1, 0.15) is 52.4 Å². The Morgan fingerprint density at radius 3 is 2.59 bits per heavy atom. The quantitative estimate of drug-likeness (QED) is 0.860. The molecule has 0 spiro atoms. The van der Waals surface area contributed by atoms with Gasteiger partial charge in [-0.25, -0.2) is 0 Å². The van der Waals surface area contributed by atoms with Gasteiger partial charge in [0, 0.05) is 25.2 Å². The first-order valence-corrected chi connectivity index (χ1v) is 8.92. The van der Waals surface area contributed by atoms with Crippen LogP contribution in [0.4, 0.5) is 0 Å². The van der Waals surface area contributed by atoms with Crippen molar-refractivity contribution in [3.8, 4) is 0 Å². The number of halogens is 1. The second-order valence-electron chi connectivity index (χ2n) is 7.42. The smallest absolute Gasteiger partial charge is 0.239 e. The summed E-state index contributed by atoms with van der Waals surface area (Å²) in [7, 11) is 0. The molecule has 2 saturated heterocycles. The van der Waals surface area contributed by atoms with Crippen LogP contribution >= 0.6 is 12.4 Å². The van der Waals surface area contributed by atoms with Crippen LogP contribution in [0.15, 0.2) is 0 Å². The van der Waals surface area contributed by atoms with Crippen molar-refractivity contribution in [2.45, 2.75) is 70.5 Å². The van der Waals surface area contributed by atoms with E-state index in [1.165, 1.54) is 32.2 Å². The van der Waals surface area contributed by atoms with Gasteiger partial charge in [0.1, 0.15) is 0 Å². The maximum Gasteiger partial charge on any atom is 0.239 e. The molecule has 22 heavy (non-hydrogen) atoms. The number of rotatable bonds is 4. The van der Waals surface area contributed by atoms with E-state index >= 15 is 0 Å². The highest BCUT2D eigenvalue weighted by molar-refractivity contribution is 5.85. The average Bonchev–Trinajstić information content (AvgIpc) is 3.36. The summed E-state index contributed by atoms with van der Waals surface area (Å²) in [6.45, 7) is 7.33. The second kappa shape index (κ2) is 7.50. The number of fused-ring (bicyclic) bond motifs is 1. The minimum Gasteiger partial charge on any atom is -0.341 e. The highest BCUT2D eigenvalue weighted by atomic mass is 35.5. The fraction of sp³-hybridized carbons (Fsp3) is 0.941. The molecule has 1 amide bonds. The summed E-state index contributed by atoms with van der Waals surface area (Å²) in [5.41, 5.74) is 6.15. The summed E-state index contributed by atoms with van der Waals surface area (Å²) in [4.78, 5) is 17.4. The molecule has 0 radical (unpaired) electrons. The Labute approximate surface area is 141 Å². The zero-order valence-corrected chi connectivity index (χ0v) is 14.9. The molecular weight excluding hydrogens is 298 g/mol. The molecule has 128 valence electrons. The number of carbonyl (C=O) groups is 1. The van der Waals surface area contributed by atoms with E-state index in [0.717, 1.165) is 38.0 Å². The van der Waals surface area contributed by atoms with Crippen LogP contribution in [0.5, 0.6) is 0 Å². The summed E-state index contributed by atoms with van der Waals surface area (Å²) in [6, 6.07) is 1.28. The van der Waals surface area contributed by atoms with Gasteiger partial charge >= 0.3 is 0 Å². The molecule has 3 aliphatic rings. The number of nitrogens with two attached hydrogens (primary N) is 1. The number of nitrogens with zero attached hydrogens (tertiary/aromatic N) is 2. The lowest BCUT2D eigenvalue weighted by Crippen LogP contribution is -2.58. The normalized spacial score (nSPS) is 31.9. The van der Waals surface area contributed by atoms with Gasteiger partial charge < -0.3 is 10.6 Å². The van der Waals surface area contributed by atoms with Crippen molar-refractivity contribution in [1.82, 2.24) is 9.80 Å². The van der Waals surface area contributed by atoms with E-state index < -0.39 is 0 Å². The number of amides is 1. The molecule has 1 saturated carbocycles. The van der Waals surface area contributed by atoms with Crippen LogP contribution in [-0.2, 0) is 4.79 Å². The Kier molecular flexibility index (Phi) is 6.14. The lowest BCUT2D eigenvalue weighted by Gasteiger charge is -2.48. The van der Waals surface area contributed by atoms with Gasteiger partial charge in [0.2, 0.25) is 5.91 Å². The Bertz CT molecular complexity index is 388. The SMILES string of the molecule is CC[C@H](C)[C@H](N)C(=O)N1CCC2C(CCCN2C2CC2)C1.Cl. The van der Waals surface area contributed by atoms with Gasteiger partial charge in [-0.2, -0.15) is 0 Å². The zero-order valence-electron chi connectivity index (χ0n) is 14.0. The van der Waals surface area contributed by atoms with Crippen molar-refractivity contribution >= 4 is 18.3 Å². The lowest BCUT2D eigenvalue weighted by atomic mass is 9.83. The van der Waals surface area contributed by atoms with E-state index in [0.29, 0.717) is 5.92 Å². The van der Waals surface area contributed by atoms with Crippen molar-refractivity contribution in [3.63, 3.8) is 0 Å².